The number of fused-ring (bicyclic) bond motifs is 1. The molecule has 4 aromatic rings. The lowest BCUT2D eigenvalue weighted by atomic mass is 10.1. The minimum absolute atomic E-state index is 0.0629. The quantitative estimate of drug-likeness (QED) is 0.427. The van der Waals surface area contributed by atoms with Crippen LogP contribution in [0.5, 0.6) is 0 Å². The molecule has 35 heavy (non-hydrogen) atoms. The number of hydrogen-bond acceptors (Lipinski definition) is 5. The molecule has 0 saturated heterocycles. The van der Waals surface area contributed by atoms with Gasteiger partial charge < -0.3 is 10.3 Å². The molecule has 2 N–H and O–H groups in total. The Morgan fingerprint density at radius 1 is 1.09 bits per heavy atom. The second-order valence-corrected chi connectivity index (χ2v) is 7.88. The molecule has 4 rings (SSSR count). The van der Waals surface area contributed by atoms with E-state index in [1.165, 1.54) is 12.1 Å². The Morgan fingerprint density at radius 2 is 1.80 bits per heavy atom. The number of benzene rings is 1. The second kappa shape index (κ2) is 8.46. The molecule has 0 saturated carbocycles. The molecular weight excluding hydrogens is 470 g/mol. The van der Waals surface area contributed by atoms with Gasteiger partial charge in [0, 0.05) is 18.0 Å². The summed E-state index contributed by atoms with van der Waals surface area (Å²) in [6.45, 7) is 5.06. The fraction of sp³-hybridized carbons (Fsp3) is 0.174. The fourth-order valence-corrected chi connectivity index (χ4v) is 3.36. The topological polar surface area (TPSA) is 110 Å². The molecule has 0 spiro atoms. The Kier molecular flexibility index (Phi) is 5.75. The van der Waals surface area contributed by atoms with Crippen LogP contribution in [0, 0.1) is 26.6 Å². The van der Waals surface area contributed by atoms with E-state index in [4.69, 9.17) is 0 Å². The van der Waals surface area contributed by atoms with Crippen molar-refractivity contribution in [2.24, 2.45) is 0 Å². The maximum absolute atomic E-state index is 14.8. The van der Waals surface area contributed by atoms with E-state index >= 15 is 0 Å². The number of aryl methyl sites for hydroxylation is 3. The zero-order valence-electron chi connectivity index (χ0n) is 18.5. The van der Waals surface area contributed by atoms with Crippen LogP contribution in [0.15, 0.2) is 46.1 Å². The summed E-state index contributed by atoms with van der Waals surface area (Å²) in [5.74, 6) is -1.85. The zero-order valence-corrected chi connectivity index (χ0v) is 18.5. The number of amides is 1. The van der Waals surface area contributed by atoms with E-state index < -0.39 is 45.8 Å². The van der Waals surface area contributed by atoms with Crippen LogP contribution in [-0.2, 0) is 6.18 Å². The maximum atomic E-state index is 14.8. The van der Waals surface area contributed by atoms with Crippen LogP contribution in [0.2, 0.25) is 0 Å². The minimum atomic E-state index is -4.80. The molecule has 1 amide bonds. The van der Waals surface area contributed by atoms with Crippen LogP contribution in [0.3, 0.4) is 0 Å². The summed E-state index contributed by atoms with van der Waals surface area (Å²) >= 11 is 0. The second-order valence-electron chi connectivity index (χ2n) is 7.88. The summed E-state index contributed by atoms with van der Waals surface area (Å²) < 4.78 is 54.3. The Hall–Kier alpha value is -4.35. The summed E-state index contributed by atoms with van der Waals surface area (Å²) in [5, 5.41) is 6.13. The molecule has 0 atom stereocenters. The highest BCUT2D eigenvalue weighted by Crippen LogP contribution is 2.26. The fourth-order valence-electron chi connectivity index (χ4n) is 3.36. The predicted molar refractivity (Wildman–Crippen MR) is 119 cm³/mol. The SMILES string of the molecule is Cc1ccc(-n2nc(C(=O)Nc3c[nH]c(C(F)(F)F)cc3=O)c(=O)c3nc(C)c(C)cc32)c(F)c1. The van der Waals surface area contributed by atoms with Crippen LogP contribution in [0.25, 0.3) is 16.7 Å². The van der Waals surface area contributed by atoms with E-state index in [0.29, 0.717) is 23.0 Å². The maximum Gasteiger partial charge on any atom is 0.431 e. The van der Waals surface area contributed by atoms with E-state index in [1.54, 1.807) is 32.9 Å². The molecule has 180 valence electrons. The number of carbonyl (C=O) groups excluding carboxylic acids is 1. The van der Waals surface area contributed by atoms with Crippen molar-refractivity contribution in [1.29, 1.82) is 0 Å². The van der Waals surface area contributed by atoms with E-state index in [1.807, 2.05) is 4.98 Å². The minimum Gasteiger partial charge on any atom is -0.356 e. The number of halogens is 4. The number of alkyl halides is 3. The lowest BCUT2D eigenvalue weighted by molar-refractivity contribution is -0.141. The molecule has 0 bridgehead atoms. The molecule has 1 aromatic carbocycles. The van der Waals surface area contributed by atoms with Gasteiger partial charge in [-0.1, -0.05) is 6.07 Å². The molecule has 8 nitrogen and oxygen atoms in total. The van der Waals surface area contributed by atoms with Gasteiger partial charge in [-0.15, -0.1) is 0 Å². The lowest BCUT2D eigenvalue weighted by Crippen LogP contribution is -2.29. The van der Waals surface area contributed by atoms with Gasteiger partial charge in [0.25, 0.3) is 5.91 Å². The summed E-state index contributed by atoms with van der Waals surface area (Å²) in [7, 11) is 0. The number of pyridine rings is 2. The number of hydrogen-bond donors (Lipinski definition) is 2. The third-order valence-corrected chi connectivity index (χ3v) is 5.32. The first-order valence-corrected chi connectivity index (χ1v) is 10.2. The van der Waals surface area contributed by atoms with Crippen molar-refractivity contribution in [3.05, 3.63) is 91.0 Å². The Morgan fingerprint density at radius 3 is 2.43 bits per heavy atom. The molecule has 0 aliphatic heterocycles. The van der Waals surface area contributed by atoms with Crippen molar-refractivity contribution in [2.45, 2.75) is 26.9 Å². The zero-order chi connectivity index (χ0) is 25.7. The van der Waals surface area contributed by atoms with Gasteiger partial charge in [-0.25, -0.2) is 14.1 Å². The monoisotopic (exact) mass is 487 g/mol. The van der Waals surface area contributed by atoms with Gasteiger partial charge >= 0.3 is 6.18 Å². The number of anilines is 1. The van der Waals surface area contributed by atoms with Crippen LogP contribution < -0.4 is 16.2 Å². The van der Waals surface area contributed by atoms with E-state index in [-0.39, 0.29) is 22.8 Å². The Balaban J connectivity index is 1.89. The number of carbonyl (C=O) groups is 1. The van der Waals surface area contributed by atoms with Crippen LogP contribution in [-0.4, -0.2) is 25.7 Å². The van der Waals surface area contributed by atoms with Crippen LogP contribution >= 0.6 is 0 Å². The first-order chi connectivity index (χ1) is 16.4. The standard InChI is InChI=1S/C23H17F4N5O3/c1-10-4-5-15(13(24)6-10)32-16-7-11(2)12(3)29-19(16)21(34)20(31-32)22(35)30-14-9-28-18(8-17(14)33)23(25,26)27/h4-9H,1-3H3,(H,28,33)(H,30,35). The molecule has 12 heteroatoms. The smallest absolute Gasteiger partial charge is 0.356 e. The number of nitrogens with one attached hydrogen (secondary N) is 2. The van der Waals surface area contributed by atoms with Gasteiger partial charge in [-0.2, -0.15) is 18.3 Å². The number of H-pyrrole nitrogens is 1. The van der Waals surface area contributed by atoms with Crippen molar-refractivity contribution in [3.8, 4) is 5.69 Å². The molecule has 0 unspecified atom stereocenters. The largest absolute Gasteiger partial charge is 0.431 e. The van der Waals surface area contributed by atoms with E-state index in [9.17, 15) is 31.9 Å². The van der Waals surface area contributed by atoms with Crippen LogP contribution in [0.1, 0.15) is 33.0 Å². The number of aromatic amines is 1. The molecule has 0 aliphatic rings. The summed E-state index contributed by atoms with van der Waals surface area (Å²) in [6, 6.07) is 6.13. The van der Waals surface area contributed by atoms with Gasteiger partial charge in [0.15, 0.2) is 5.69 Å². The van der Waals surface area contributed by atoms with E-state index in [2.05, 4.69) is 15.4 Å². The third kappa shape index (κ3) is 4.42. The van der Waals surface area contributed by atoms with Gasteiger partial charge in [-0.3, -0.25) is 14.4 Å². The first-order valence-electron chi connectivity index (χ1n) is 10.2. The first kappa shape index (κ1) is 23.8. The number of aromatic nitrogens is 4. The van der Waals surface area contributed by atoms with Gasteiger partial charge in [-0.05, 0) is 50.1 Å². The Labute approximate surface area is 194 Å². The van der Waals surface area contributed by atoms with Crippen molar-refractivity contribution in [1.82, 2.24) is 19.7 Å². The summed E-state index contributed by atoms with van der Waals surface area (Å²) in [5.41, 5.74) is -2.90. The van der Waals surface area contributed by atoms with Gasteiger partial charge in [0.2, 0.25) is 10.9 Å². The van der Waals surface area contributed by atoms with Crippen molar-refractivity contribution < 1.29 is 22.4 Å². The number of nitrogens with zero attached hydrogens (tertiary/aromatic N) is 3. The average molecular weight is 487 g/mol. The predicted octanol–water partition coefficient (Wildman–Crippen LogP) is 3.80. The van der Waals surface area contributed by atoms with Crippen molar-refractivity contribution in [3.63, 3.8) is 0 Å². The molecule has 0 radical (unpaired) electrons. The highest BCUT2D eigenvalue weighted by atomic mass is 19.4. The highest BCUT2D eigenvalue weighted by Gasteiger charge is 2.32. The highest BCUT2D eigenvalue weighted by molar-refractivity contribution is 6.04. The van der Waals surface area contributed by atoms with E-state index in [0.717, 1.165) is 4.68 Å². The van der Waals surface area contributed by atoms with Crippen LogP contribution in [0.4, 0.5) is 23.2 Å². The lowest BCUT2D eigenvalue weighted by Gasteiger charge is -2.14. The van der Waals surface area contributed by atoms with Crippen molar-refractivity contribution >= 4 is 22.6 Å². The summed E-state index contributed by atoms with van der Waals surface area (Å²) in [6.07, 6.45) is -4.14. The van der Waals surface area contributed by atoms with Crippen molar-refractivity contribution in [2.75, 3.05) is 5.32 Å². The van der Waals surface area contributed by atoms with Gasteiger partial charge in [0.1, 0.15) is 28.4 Å². The average Bonchev–Trinajstić information content (AvgIpc) is 2.76. The normalized spacial score (nSPS) is 11.6. The molecule has 0 fully saturated rings. The molecule has 3 aromatic heterocycles. The summed E-state index contributed by atoms with van der Waals surface area (Å²) in [4.78, 5) is 44.2. The molecule has 3 heterocycles. The third-order valence-electron chi connectivity index (χ3n) is 5.32. The Bertz CT molecular complexity index is 1620. The number of rotatable bonds is 3. The molecular formula is C23H17F4N5O3. The molecule has 0 aliphatic carbocycles. The van der Waals surface area contributed by atoms with Gasteiger partial charge in [0.05, 0.1) is 5.52 Å².